The van der Waals surface area contributed by atoms with Crippen LogP contribution < -0.4 is 22.0 Å². The highest BCUT2D eigenvalue weighted by Gasteiger charge is 2.19. The molecule has 2 aromatic heterocycles. The van der Waals surface area contributed by atoms with Crippen LogP contribution in [0.25, 0.3) is 23.0 Å². The van der Waals surface area contributed by atoms with E-state index in [1.54, 1.807) is 18.1 Å². The molecule has 0 unspecified atom stereocenters. The number of carbonyl (C=O) groups excluding carboxylic acids is 1. The summed E-state index contributed by atoms with van der Waals surface area (Å²) in [7, 11) is 3.83. The second kappa shape index (κ2) is 11.1. The van der Waals surface area contributed by atoms with Gasteiger partial charge in [-0.15, -0.1) is 0 Å². The molecule has 7 heteroatoms. The number of rotatable bonds is 8. The molecule has 0 aliphatic heterocycles. The third-order valence-corrected chi connectivity index (χ3v) is 5.98. The van der Waals surface area contributed by atoms with Crippen molar-refractivity contribution < 1.29 is 4.79 Å². The number of carbonyl (C=O) groups is 1. The summed E-state index contributed by atoms with van der Waals surface area (Å²) in [6.45, 7) is 2.61. The smallest absolute Gasteiger partial charge is 0.254 e. The fourth-order valence-electron chi connectivity index (χ4n) is 4.25. The number of hydrogen-bond acceptors (Lipinski definition) is 6. The first-order valence-corrected chi connectivity index (χ1v) is 11.8. The summed E-state index contributed by atoms with van der Waals surface area (Å²) in [6, 6.07) is 15.8. The normalized spacial score (nSPS) is 12.7. The molecule has 0 atom stereocenters. The zero-order valence-electron chi connectivity index (χ0n) is 20.3. The summed E-state index contributed by atoms with van der Waals surface area (Å²) < 4.78 is 0. The van der Waals surface area contributed by atoms with Crippen molar-refractivity contribution in [2.75, 3.05) is 27.2 Å². The lowest BCUT2D eigenvalue weighted by atomic mass is 10.0. The number of amides is 1. The summed E-state index contributed by atoms with van der Waals surface area (Å²) in [5.74, 6) is -0.118. The van der Waals surface area contributed by atoms with Crippen molar-refractivity contribution in [3.8, 4) is 11.3 Å². The van der Waals surface area contributed by atoms with E-state index in [-0.39, 0.29) is 5.91 Å². The topological polar surface area (TPSA) is 101 Å². The largest absolute Gasteiger partial charge is 0.401 e. The first-order chi connectivity index (χ1) is 17.0. The lowest BCUT2D eigenvalue weighted by Gasteiger charge is -2.19. The van der Waals surface area contributed by atoms with Crippen LogP contribution in [0.3, 0.4) is 0 Å². The molecule has 7 nitrogen and oxygen atoms in total. The molecule has 0 fully saturated rings. The van der Waals surface area contributed by atoms with E-state index in [0.29, 0.717) is 41.3 Å². The minimum Gasteiger partial charge on any atom is -0.401 e. The summed E-state index contributed by atoms with van der Waals surface area (Å²) in [6.07, 6.45) is 8.15. The molecule has 0 bridgehead atoms. The van der Waals surface area contributed by atoms with Gasteiger partial charge in [0.1, 0.15) is 0 Å². The van der Waals surface area contributed by atoms with E-state index in [9.17, 15) is 4.79 Å². The number of hydrogen-bond donors (Lipinski definition) is 2. The van der Waals surface area contributed by atoms with Crippen molar-refractivity contribution in [2.45, 2.75) is 19.5 Å². The van der Waals surface area contributed by atoms with E-state index in [1.165, 1.54) is 0 Å². The van der Waals surface area contributed by atoms with Crippen LogP contribution in [0.2, 0.25) is 0 Å². The lowest BCUT2D eigenvalue weighted by molar-refractivity contribution is 0.0782. The Bertz CT molecular complexity index is 1350. The third kappa shape index (κ3) is 5.82. The molecule has 4 rings (SSSR count). The van der Waals surface area contributed by atoms with Crippen LogP contribution >= 0.6 is 0 Å². The number of nitrogens with two attached hydrogens (primary N) is 2. The van der Waals surface area contributed by atoms with E-state index in [4.69, 9.17) is 16.5 Å². The van der Waals surface area contributed by atoms with Gasteiger partial charge in [-0.3, -0.25) is 9.78 Å². The molecule has 0 spiro atoms. The fraction of sp³-hybridized carbons (Fsp3) is 0.250. The summed E-state index contributed by atoms with van der Waals surface area (Å²) in [5, 5.41) is 1.41. The summed E-state index contributed by atoms with van der Waals surface area (Å²) in [5.41, 5.74) is 17.0. The molecule has 0 saturated heterocycles. The predicted octanol–water partition coefficient (Wildman–Crippen LogP) is 1.61. The third-order valence-electron chi connectivity index (χ3n) is 5.98. The van der Waals surface area contributed by atoms with Crippen LogP contribution in [-0.2, 0) is 13.1 Å². The van der Waals surface area contributed by atoms with E-state index in [1.807, 2.05) is 61.7 Å². The molecule has 180 valence electrons. The van der Waals surface area contributed by atoms with E-state index in [0.717, 1.165) is 35.6 Å². The van der Waals surface area contributed by atoms with Crippen molar-refractivity contribution in [1.29, 1.82) is 0 Å². The lowest BCUT2D eigenvalue weighted by Crippen LogP contribution is -2.41. The number of benzene rings is 1. The van der Waals surface area contributed by atoms with Gasteiger partial charge in [-0.1, -0.05) is 36.4 Å². The van der Waals surface area contributed by atoms with Crippen LogP contribution in [0.5, 0.6) is 0 Å². The molecule has 1 aromatic carbocycles. The zero-order valence-corrected chi connectivity index (χ0v) is 20.3. The fourth-order valence-corrected chi connectivity index (χ4v) is 4.25. The van der Waals surface area contributed by atoms with Gasteiger partial charge < -0.3 is 21.3 Å². The zero-order chi connectivity index (χ0) is 24.8. The van der Waals surface area contributed by atoms with Gasteiger partial charge in [0, 0.05) is 55.8 Å². The highest BCUT2D eigenvalue weighted by atomic mass is 16.2. The predicted molar refractivity (Wildman–Crippen MR) is 140 cm³/mol. The molecular formula is C28H32N6O. The average Bonchev–Trinajstić information content (AvgIpc) is 3.05. The Morgan fingerprint density at radius 1 is 1.09 bits per heavy atom. The molecule has 1 aliphatic carbocycles. The number of likely N-dealkylation sites (N-methyl/N-ethyl adjacent to an activating group) is 1. The van der Waals surface area contributed by atoms with Crippen LogP contribution in [0.4, 0.5) is 0 Å². The number of allylic oxidation sites excluding steroid dienone is 1. The Morgan fingerprint density at radius 3 is 2.71 bits per heavy atom. The van der Waals surface area contributed by atoms with Crippen LogP contribution in [0.1, 0.15) is 28.0 Å². The first kappa shape index (κ1) is 24.3. The van der Waals surface area contributed by atoms with Gasteiger partial charge in [-0.2, -0.15) is 0 Å². The number of nitrogens with zero attached hydrogens (tertiary/aromatic N) is 4. The highest BCUT2D eigenvalue weighted by Crippen LogP contribution is 2.19. The molecule has 1 amide bonds. The Kier molecular flexibility index (Phi) is 7.70. The van der Waals surface area contributed by atoms with Crippen molar-refractivity contribution in [3.05, 3.63) is 94.3 Å². The van der Waals surface area contributed by atoms with Gasteiger partial charge in [0.15, 0.2) is 0 Å². The van der Waals surface area contributed by atoms with Crippen LogP contribution in [0, 0.1) is 0 Å². The Labute approximate surface area is 206 Å². The molecule has 0 radical (unpaired) electrons. The minimum absolute atomic E-state index is 0.118. The maximum absolute atomic E-state index is 13.7. The van der Waals surface area contributed by atoms with Crippen molar-refractivity contribution in [3.63, 3.8) is 0 Å². The maximum atomic E-state index is 13.7. The van der Waals surface area contributed by atoms with Gasteiger partial charge in [0.25, 0.3) is 5.91 Å². The average molecular weight is 469 g/mol. The quantitative estimate of drug-likeness (QED) is 0.521. The number of pyridine rings is 2. The Balaban J connectivity index is 1.78. The Hall–Kier alpha value is -3.81. The van der Waals surface area contributed by atoms with Crippen molar-refractivity contribution in [2.24, 2.45) is 11.5 Å². The first-order valence-electron chi connectivity index (χ1n) is 11.8. The number of aromatic nitrogens is 2. The standard InChI is InChI=1S/C28H32N6O/c1-33(15-13-29)18-20-8-7-9-21(16-20)26-17-23(27-24(30)11-3-4-12-25(27)32-26)28(35)34(2)19-22-10-5-6-14-31-22/h3-10,12,14,16-17H,11,13,15,18-19,29-30H2,1-2H3. The molecule has 2 heterocycles. The SMILES string of the molecule is CN(CCN)Cc1cccc(-c2cc(C(=O)N(C)Cc3ccccn3)c3c(n2)=CC=CCC=3N)c1. The maximum Gasteiger partial charge on any atom is 0.254 e. The molecule has 1 aliphatic rings. The summed E-state index contributed by atoms with van der Waals surface area (Å²) >= 11 is 0. The van der Waals surface area contributed by atoms with Gasteiger partial charge in [-0.05, 0) is 43.0 Å². The molecule has 0 saturated carbocycles. The summed E-state index contributed by atoms with van der Waals surface area (Å²) in [4.78, 5) is 26.8. The molecule has 4 N–H and O–H groups in total. The van der Waals surface area contributed by atoms with Crippen molar-refractivity contribution in [1.82, 2.24) is 19.8 Å². The number of fused-ring (bicyclic) bond motifs is 1. The van der Waals surface area contributed by atoms with Gasteiger partial charge in [0.05, 0.1) is 28.8 Å². The van der Waals surface area contributed by atoms with Gasteiger partial charge in [0.2, 0.25) is 0 Å². The molecular weight excluding hydrogens is 436 g/mol. The molecule has 3 aromatic rings. The van der Waals surface area contributed by atoms with Crippen molar-refractivity contribution >= 4 is 17.7 Å². The van der Waals surface area contributed by atoms with E-state index < -0.39 is 0 Å². The van der Waals surface area contributed by atoms with Gasteiger partial charge >= 0.3 is 0 Å². The second-order valence-corrected chi connectivity index (χ2v) is 8.85. The van der Waals surface area contributed by atoms with Gasteiger partial charge in [-0.25, -0.2) is 4.98 Å². The Morgan fingerprint density at radius 2 is 1.94 bits per heavy atom. The van der Waals surface area contributed by atoms with E-state index >= 15 is 0 Å². The minimum atomic E-state index is -0.118. The van der Waals surface area contributed by atoms with Crippen LogP contribution in [0.15, 0.2) is 66.9 Å². The highest BCUT2D eigenvalue weighted by molar-refractivity contribution is 5.96. The van der Waals surface area contributed by atoms with E-state index in [2.05, 4.69) is 22.0 Å². The molecule has 35 heavy (non-hydrogen) atoms. The second-order valence-electron chi connectivity index (χ2n) is 8.85. The monoisotopic (exact) mass is 468 g/mol. The van der Waals surface area contributed by atoms with Crippen LogP contribution in [-0.4, -0.2) is 52.9 Å².